The van der Waals surface area contributed by atoms with Crippen LogP contribution in [0.25, 0.3) is 0 Å². The van der Waals surface area contributed by atoms with Gasteiger partial charge in [-0.2, -0.15) is 5.10 Å². The smallest absolute Gasteiger partial charge is 0.311 e. The molecular weight excluding hydrogens is 281 g/mol. The number of carbonyl (C=O) groups excluding carboxylic acids is 1. The average Bonchev–Trinajstić information content (AvgIpc) is 2.88. The van der Waals surface area contributed by atoms with E-state index >= 15 is 0 Å². The van der Waals surface area contributed by atoms with Gasteiger partial charge in [0.1, 0.15) is 5.82 Å². The van der Waals surface area contributed by atoms with E-state index in [0.717, 1.165) is 0 Å². The summed E-state index contributed by atoms with van der Waals surface area (Å²) in [6.45, 7) is 0. The summed E-state index contributed by atoms with van der Waals surface area (Å²) in [6.07, 6.45) is 1.49. The summed E-state index contributed by atoms with van der Waals surface area (Å²) in [6, 6.07) is 6.31. The number of hydrogen-bond donors (Lipinski definition) is 1. The maximum Gasteiger partial charge on any atom is 0.311 e. The molecule has 0 aliphatic rings. The fraction of sp³-hybridized carbons (Fsp3) is 0.154. The monoisotopic (exact) mass is 293 g/mol. The molecule has 1 aromatic heterocycles. The molecule has 0 spiro atoms. The summed E-state index contributed by atoms with van der Waals surface area (Å²) in [4.78, 5) is 15.2. The molecule has 0 saturated heterocycles. The zero-order chi connectivity index (χ0) is 14.4. The SMILES string of the molecule is COC(=O)Cc1csc(N/N=C\c2ccccc2F)n1. The molecule has 20 heavy (non-hydrogen) atoms. The van der Waals surface area contributed by atoms with E-state index in [0.29, 0.717) is 16.4 Å². The third-order valence-corrected chi connectivity index (χ3v) is 3.17. The Morgan fingerprint density at radius 2 is 2.35 bits per heavy atom. The largest absolute Gasteiger partial charge is 0.469 e. The van der Waals surface area contributed by atoms with Gasteiger partial charge in [0.05, 0.1) is 25.4 Å². The average molecular weight is 293 g/mol. The molecule has 0 unspecified atom stereocenters. The van der Waals surface area contributed by atoms with Crippen LogP contribution in [0.4, 0.5) is 9.52 Å². The highest BCUT2D eigenvalue weighted by Gasteiger charge is 2.06. The molecule has 2 aromatic rings. The summed E-state index contributed by atoms with van der Waals surface area (Å²) in [5.41, 5.74) is 3.67. The summed E-state index contributed by atoms with van der Waals surface area (Å²) >= 11 is 1.30. The van der Waals surface area contributed by atoms with Gasteiger partial charge in [0.15, 0.2) is 0 Å². The number of nitrogens with one attached hydrogen (secondary N) is 1. The third kappa shape index (κ3) is 3.86. The number of ether oxygens (including phenoxy) is 1. The highest BCUT2D eigenvalue weighted by Crippen LogP contribution is 2.16. The van der Waals surface area contributed by atoms with Crippen LogP contribution in [-0.4, -0.2) is 24.3 Å². The number of hydrogen-bond acceptors (Lipinski definition) is 6. The first-order valence-corrected chi connectivity index (χ1v) is 6.62. The van der Waals surface area contributed by atoms with Crippen LogP contribution < -0.4 is 5.43 Å². The minimum Gasteiger partial charge on any atom is -0.469 e. The molecule has 0 atom stereocenters. The molecule has 0 amide bonds. The fourth-order valence-electron chi connectivity index (χ4n) is 1.40. The van der Waals surface area contributed by atoms with Crippen molar-refractivity contribution in [3.63, 3.8) is 0 Å². The van der Waals surface area contributed by atoms with Crippen molar-refractivity contribution >= 4 is 28.7 Å². The number of hydrazone groups is 1. The Hall–Kier alpha value is -2.28. The van der Waals surface area contributed by atoms with E-state index in [-0.39, 0.29) is 18.2 Å². The standard InChI is InChI=1S/C13H12FN3O2S/c1-19-12(18)6-10-8-20-13(16-10)17-15-7-9-4-2-3-5-11(9)14/h2-5,7-8H,6H2,1H3,(H,16,17)/b15-7-. The number of halogens is 1. The molecule has 104 valence electrons. The lowest BCUT2D eigenvalue weighted by Gasteiger charge is -1.96. The lowest BCUT2D eigenvalue weighted by molar-refractivity contribution is -0.139. The summed E-state index contributed by atoms with van der Waals surface area (Å²) in [7, 11) is 1.33. The van der Waals surface area contributed by atoms with E-state index < -0.39 is 0 Å². The Balaban J connectivity index is 1.94. The van der Waals surface area contributed by atoms with Crippen molar-refractivity contribution in [1.82, 2.24) is 4.98 Å². The van der Waals surface area contributed by atoms with Gasteiger partial charge in [-0.15, -0.1) is 11.3 Å². The quantitative estimate of drug-likeness (QED) is 0.522. The second-order valence-corrected chi connectivity index (χ2v) is 4.65. The van der Waals surface area contributed by atoms with Crippen LogP contribution in [0, 0.1) is 5.82 Å². The highest BCUT2D eigenvalue weighted by atomic mass is 32.1. The topological polar surface area (TPSA) is 63.6 Å². The van der Waals surface area contributed by atoms with Crippen molar-refractivity contribution < 1.29 is 13.9 Å². The molecule has 0 aliphatic carbocycles. The van der Waals surface area contributed by atoms with Crippen LogP contribution in [0.3, 0.4) is 0 Å². The second-order valence-electron chi connectivity index (χ2n) is 3.79. The van der Waals surface area contributed by atoms with Crippen molar-refractivity contribution in [2.24, 2.45) is 5.10 Å². The Morgan fingerprint density at radius 1 is 1.55 bits per heavy atom. The third-order valence-electron chi connectivity index (χ3n) is 2.37. The maximum atomic E-state index is 13.3. The zero-order valence-corrected chi connectivity index (χ0v) is 11.5. The van der Waals surface area contributed by atoms with Crippen LogP contribution >= 0.6 is 11.3 Å². The summed E-state index contributed by atoms with van der Waals surface area (Å²) < 4.78 is 17.9. The van der Waals surface area contributed by atoms with Gasteiger partial charge in [0.25, 0.3) is 0 Å². The molecular formula is C13H12FN3O2S. The lowest BCUT2D eigenvalue weighted by atomic mass is 10.2. The van der Waals surface area contributed by atoms with Crippen molar-refractivity contribution in [2.45, 2.75) is 6.42 Å². The van der Waals surface area contributed by atoms with Crippen molar-refractivity contribution in [3.8, 4) is 0 Å². The number of nitrogens with zero attached hydrogens (tertiary/aromatic N) is 2. The maximum absolute atomic E-state index is 13.3. The second kappa shape index (κ2) is 6.76. The molecule has 2 rings (SSSR count). The van der Waals surface area contributed by atoms with Gasteiger partial charge in [0.2, 0.25) is 5.13 Å². The molecule has 1 heterocycles. The lowest BCUT2D eigenvalue weighted by Crippen LogP contribution is -2.04. The Morgan fingerprint density at radius 3 is 3.10 bits per heavy atom. The van der Waals surface area contributed by atoms with Crippen molar-refractivity contribution in [2.75, 3.05) is 12.5 Å². The first-order chi connectivity index (χ1) is 9.69. The first kappa shape index (κ1) is 14.1. The van der Waals surface area contributed by atoms with Crippen LogP contribution in [0.15, 0.2) is 34.7 Å². The molecule has 0 radical (unpaired) electrons. The molecule has 7 heteroatoms. The van der Waals surface area contributed by atoms with Crippen molar-refractivity contribution in [1.29, 1.82) is 0 Å². The Bertz CT molecular complexity index is 628. The minimum absolute atomic E-state index is 0.117. The van der Waals surface area contributed by atoms with E-state index in [1.165, 1.54) is 30.7 Å². The Kier molecular flexibility index (Phi) is 4.78. The normalized spacial score (nSPS) is 10.7. The van der Waals surface area contributed by atoms with Gasteiger partial charge in [0, 0.05) is 10.9 Å². The number of thiazole rings is 1. The number of esters is 1. The van der Waals surface area contributed by atoms with Crippen LogP contribution in [0.5, 0.6) is 0 Å². The van der Waals surface area contributed by atoms with Crippen LogP contribution in [0.1, 0.15) is 11.3 Å². The highest BCUT2D eigenvalue weighted by molar-refractivity contribution is 7.13. The van der Waals surface area contributed by atoms with Gasteiger partial charge in [-0.05, 0) is 6.07 Å². The number of methoxy groups -OCH3 is 1. The molecule has 0 saturated carbocycles. The number of benzene rings is 1. The van der Waals surface area contributed by atoms with Crippen LogP contribution in [0.2, 0.25) is 0 Å². The van der Waals surface area contributed by atoms with E-state index in [4.69, 9.17) is 0 Å². The zero-order valence-electron chi connectivity index (χ0n) is 10.7. The van der Waals surface area contributed by atoms with Gasteiger partial charge in [-0.25, -0.2) is 9.37 Å². The van der Waals surface area contributed by atoms with Gasteiger partial charge in [-0.3, -0.25) is 10.2 Å². The van der Waals surface area contributed by atoms with E-state index in [1.807, 2.05) is 0 Å². The molecule has 0 aliphatic heterocycles. The molecule has 5 nitrogen and oxygen atoms in total. The first-order valence-electron chi connectivity index (χ1n) is 5.74. The summed E-state index contributed by atoms with van der Waals surface area (Å²) in [5, 5.41) is 6.16. The fourth-order valence-corrected chi connectivity index (χ4v) is 2.06. The van der Waals surface area contributed by atoms with E-state index in [2.05, 4.69) is 20.2 Å². The van der Waals surface area contributed by atoms with Crippen LogP contribution in [-0.2, 0) is 16.0 Å². The van der Waals surface area contributed by atoms with E-state index in [9.17, 15) is 9.18 Å². The predicted molar refractivity (Wildman–Crippen MR) is 75.5 cm³/mol. The van der Waals surface area contributed by atoms with Gasteiger partial charge in [-0.1, -0.05) is 18.2 Å². The van der Waals surface area contributed by atoms with Crippen molar-refractivity contribution in [3.05, 3.63) is 46.7 Å². The molecule has 0 bridgehead atoms. The number of carbonyl (C=O) groups is 1. The number of anilines is 1. The Labute approximate surface area is 119 Å². The van der Waals surface area contributed by atoms with E-state index in [1.54, 1.807) is 23.6 Å². The predicted octanol–water partition coefficient (Wildman–Crippen LogP) is 2.44. The van der Waals surface area contributed by atoms with Gasteiger partial charge >= 0.3 is 5.97 Å². The number of rotatable bonds is 5. The van der Waals surface area contributed by atoms with Gasteiger partial charge < -0.3 is 4.74 Å². The molecule has 1 N–H and O–H groups in total. The summed E-state index contributed by atoms with van der Waals surface area (Å²) in [5.74, 6) is -0.694. The molecule has 0 fully saturated rings. The number of aromatic nitrogens is 1. The molecule has 1 aromatic carbocycles. The minimum atomic E-state index is -0.350.